The van der Waals surface area contributed by atoms with Crippen molar-refractivity contribution in [2.45, 2.75) is 57.0 Å². The molecule has 2 aromatic rings. The minimum absolute atomic E-state index is 0.0167. The first-order valence-electron chi connectivity index (χ1n) is 10.4. The lowest BCUT2D eigenvalue weighted by molar-refractivity contribution is 0.0969. The van der Waals surface area contributed by atoms with Gasteiger partial charge >= 0.3 is 0 Å². The monoisotopic (exact) mass is 483 g/mol. The Morgan fingerprint density at radius 2 is 1.62 bits per heavy atom. The van der Waals surface area contributed by atoms with Crippen LogP contribution in [0.2, 0.25) is 0 Å². The van der Waals surface area contributed by atoms with E-state index in [0.29, 0.717) is 22.1 Å². The smallest absolute Gasteiger partial charge is 0.255 e. The van der Waals surface area contributed by atoms with Gasteiger partial charge in [0, 0.05) is 24.4 Å². The normalized spacial score (nSPS) is 13.4. The number of hydrogen-bond donors (Lipinski definition) is 1. The molecule has 0 N–H and O–H groups in total. The van der Waals surface area contributed by atoms with Gasteiger partial charge in [-0.05, 0) is 45.7 Å². The number of unbranched alkanes of at least 4 members (excludes halogenated alkanes) is 1. The fourth-order valence-corrected chi connectivity index (χ4v) is 5.80. The number of alkyl halides is 1. The number of carbonyl (C=O) groups is 1. The van der Waals surface area contributed by atoms with E-state index in [0.717, 1.165) is 5.56 Å². The van der Waals surface area contributed by atoms with Crippen LogP contribution in [0, 0.1) is 12.8 Å². The van der Waals surface area contributed by atoms with Gasteiger partial charge in [-0.15, -0.1) is 0 Å². The van der Waals surface area contributed by atoms with Crippen LogP contribution in [0.3, 0.4) is 0 Å². The van der Waals surface area contributed by atoms with Crippen molar-refractivity contribution in [1.82, 2.24) is 3.71 Å². The van der Waals surface area contributed by atoms with Crippen molar-refractivity contribution in [2.75, 3.05) is 6.54 Å². The first kappa shape index (κ1) is 26.2. The van der Waals surface area contributed by atoms with Gasteiger partial charge in [-0.1, -0.05) is 58.2 Å². The third-order valence-electron chi connectivity index (χ3n) is 5.43. The SMILES string of the molecule is Cc1ccc(C(=O)CCCCC(CN([SH](=O)=O)S(=O)(=O)c2ccccc2)C(C)(C)F)cc1. The Kier molecular flexibility index (Phi) is 9.12. The molecule has 0 aliphatic rings. The maximum Gasteiger partial charge on any atom is 0.255 e. The highest BCUT2D eigenvalue weighted by Gasteiger charge is 2.36. The van der Waals surface area contributed by atoms with Gasteiger partial charge in [0.25, 0.3) is 10.0 Å². The molecule has 1 unspecified atom stereocenters. The van der Waals surface area contributed by atoms with Crippen LogP contribution in [0.15, 0.2) is 59.5 Å². The largest absolute Gasteiger partial charge is 0.294 e. The molecule has 0 amide bonds. The predicted octanol–water partition coefficient (Wildman–Crippen LogP) is 4.32. The van der Waals surface area contributed by atoms with Crippen LogP contribution in [-0.2, 0) is 20.9 Å². The molecular weight excluding hydrogens is 453 g/mol. The Hall–Kier alpha value is -2.10. The van der Waals surface area contributed by atoms with Crippen molar-refractivity contribution in [3.63, 3.8) is 0 Å². The summed E-state index contributed by atoms with van der Waals surface area (Å²) < 4.78 is 64.4. The van der Waals surface area contributed by atoms with E-state index in [1.807, 2.05) is 19.1 Å². The Bertz CT molecular complexity index is 1070. The van der Waals surface area contributed by atoms with Crippen molar-refractivity contribution >= 4 is 26.7 Å². The number of ketones is 1. The van der Waals surface area contributed by atoms with Crippen molar-refractivity contribution < 1.29 is 26.0 Å². The van der Waals surface area contributed by atoms with Crippen LogP contribution >= 0.6 is 0 Å². The lowest BCUT2D eigenvalue weighted by Crippen LogP contribution is -2.40. The third kappa shape index (κ3) is 7.21. The van der Waals surface area contributed by atoms with Gasteiger partial charge < -0.3 is 0 Å². The second-order valence-electron chi connectivity index (χ2n) is 8.36. The zero-order valence-electron chi connectivity index (χ0n) is 18.5. The summed E-state index contributed by atoms with van der Waals surface area (Å²) in [7, 11) is -7.82. The molecule has 0 aromatic heterocycles. The summed E-state index contributed by atoms with van der Waals surface area (Å²) >= 11 is 0. The molecule has 0 bridgehead atoms. The number of thiol groups is 1. The van der Waals surface area contributed by atoms with E-state index < -0.39 is 39.0 Å². The topological polar surface area (TPSA) is 88.6 Å². The number of hydrogen-bond acceptors (Lipinski definition) is 5. The summed E-state index contributed by atoms with van der Waals surface area (Å²) in [6.45, 7) is 4.05. The maximum atomic E-state index is 14.9. The van der Waals surface area contributed by atoms with Gasteiger partial charge in [-0.25, -0.2) is 21.2 Å². The van der Waals surface area contributed by atoms with Gasteiger partial charge in [0.2, 0.25) is 10.9 Å². The molecule has 0 aliphatic carbocycles. The summed E-state index contributed by atoms with van der Waals surface area (Å²) in [6, 6.07) is 14.5. The molecule has 9 heteroatoms. The Labute approximate surface area is 191 Å². The average Bonchev–Trinajstić information content (AvgIpc) is 2.72. The van der Waals surface area contributed by atoms with Crippen molar-refractivity contribution in [3.8, 4) is 0 Å². The molecule has 2 aromatic carbocycles. The highest BCUT2D eigenvalue weighted by molar-refractivity contribution is 7.97. The fourth-order valence-electron chi connectivity index (χ4n) is 3.37. The van der Waals surface area contributed by atoms with Crippen LogP contribution in [-0.4, -0.2) is 38.5 Å². The van der Waals surface area contributed by atoms with Crippen LogP contribution in [0.1, 0.15) is 55.5 Å². The summed E-state index contributed by atoms with van der Waals surface area (Å²) in [6.07, 6.45) is 1.48. The molecule has 176 valence electrons. The second-order valence-corrected chi connectivity index (χ2v) is 11.4. The van der Waals surface area contributed by atoms with Crippen LogP contribution < -0.4 is 0 Å². The number of aryl methyl sites for hydroxylation is 1. The van der Waals surface area contributed by atoms with Gasteiger partial charge in [0.05, 0.1) is 4.90 Å². The predicted molar refractivity (Wildman–Crippen MR) is 123 cm³/mol. The van der Waals surface area contributed by atoms with Crippen molar-refractivity contribution in [2.24, 2.45) is 5.92 Å². The molecule has 0 aliphatic heterocycles. The Morgan fingerprint density at radius 1 is 1.03 bits per heavy atom. The number of benzene rings is 2. The van der Waals surface area contributed by atoms with Crippen LogP contribution in [0.5, 0.6) is 0 Å². The summed E-state index contributed by atoms with van der Waals surface area (Å²) in [5.41, 5.74) is -0.140. The molecular formula is C23H30FNO5S2. The Balaban J connectivity index is 2.05. The summed E-state index contributed by atoms with van der Waals surface area (Å²) in [4.78, 5) is 12.1. The second kappa shape index (κ2) is 11.2. The fraction of sp³-hybridized carbons (Fsp3) is 0.435. The number of sulfonamides is 1. The Morgan fingerprint density at radius 3 is 2.16 bits per heavy atom. The lowest BCUT2D eigenvalue weighted by atomic mass is 9.87. The molecule has 2 rings (SSSR count). The van der Waals surface area contributed by atoms with Crippen LogP contribution in [0.4, 0.5) is 4.39 Å². The third-order valence-corrected chi connectivity index (χ3v) is 8.57. The zero-order valence-corrected chi connectivity index (χ0v) is 20.2. The van der Waals surface area contributed by atoms with E-state index in [1.165, 1.54) is 38.1 Å². The number of nitrogens with zero attached hydrogens (tertiary/aromatic N) is 1. The van der Waals surface area contributed by atoms with E-state index in [2.05, 4.69) is 0 Å². The minimum atomic E-state index is -4.32. The molecule has 0 spiro atoms. The number of Topliss-reactive ketones (excluding diaryl/α,β-unsaturated/α-hetero) is 1. The van der Waals surface area contributed by atoms with E-state index >= 15 is 0 Å². The van der Waals surface area contributed by atoms with E-state index in [4.69, 9.17) is 0 Å². The first-order chi connectivity index (χ1) is 14.9. The van der Waals surface area contributed by atoms with Gasteiger partial charge in [-0.3, -0.25) is 4.79 Å². The first-order valence-corrected chi connectivity index (χ1v) is 13.0. The molecule has 0 heterocycles. The van der Waals surface area contributed by atoms with Crippen molar-refractivity contribution in [1.29, 1.82) is 0 Å². The van der Waals surface area contributed by atoms with Gasteiger partial charge in [0.1, 0.15) is 5.67 Å². The molecule has 1 atom stereocenters. The standard InChI is InChI=1S/C23H30FNO5S2/c1-18-13-15-19(16-14-18)22(26)12-8-7-9-20(23(2,3)24)17-25(31(27)28)32(29,30)21-10-5-4-6-11-21/h4-6,10-11,13-16,20,31H,7-9,12,17H2,1-3H3. The molecule has 6 nitrogen and oxygen atoms in total. The summed E-state index contributed by atoms with van der Waals surface area (Å²) in [5, 5.41) is 0. The highest BCUT2D eigenvalue weighted by atomic mass is 32.3. The summed E-state index contributed by atoms with van der Waals surface area (Å²) in [5.74, 6) is -0.875. The van der Waals surface area contributed by atoms with E-state index in [1.54, 1.807) is 18.2 Å². The quantitative estimate of drug-likeness (QED) is 0.276. The van der Waals surface area contributed by atoms with Gasteiger partial charge in [0.15, 0.2) is 5.78 Å². The zero-order chi connectivity index (χ0) is 23.9. The number of rotatable bonds is 12. The minimum Gasteiger partial charge on any atom is -0.294 e. The van der Waals surface area contributed by atoms with E-state index in [9.17, 15) is 26.0 Å². The molecule has 0 saturated carbocycles. The molecule has 0 fully saturated rings. The average molecular weight is 484 g/mol. The van der Waals surface area contributed by atoms with Crippen molar-refractivity contribution in [3.05, 3.63) is 65.7 Å². The van der Waals surface area contributed by atoms with Gasteiger partial charge in [-0.2, -0.15) is 0 Å². The molecule has 0 saturated heterocycles. The number of halogens is 1. The van der Waals surface area contributed by atoms with E-state index in [-0.39, 0.29) is 23.5 Å². The lowest BCUT2D eigenvalue weighted by Gasteiger charge is -2.30. The van der Waals surface area contributed by atoms with Crippen LogP contribution in [0.25, 0.3) is 0 Å². The highest BCUT2D eigenvalue weighted by Crippen LogP contribution is 2.30. The number of carbonyl (C=O) groups excluding carboxylic acids is 1. The molecule has 0 radical (unpaired) electrons. The maximum absolute atomic E-state index is 14.9. The molecule has 32 heavy (non-hydrogen) atoms.